The zero-order valence-electron chi connectivity index (χ0n) is 17.9. The van der Waals surface area contributed by atoms with Gasteiger partial charge in [-0.15, -0.1) is 0 Å². The van der Waals surface area contributed by atoms with Gasteiger partial charge >= 0.3 is 0 Å². The number of nitrogens with zero attached hydrogens (tertiary/aromatic N) is 1. The highest BCUT2D eigenvalue weighted by Gasteiger charge is 2.27. The van der Waals surface area contributed by atoms with Crippen molar-refractivity contribution in [1.29, 1.82) is 0 Å². The molecule has 168 valence electrons. The normalized spacial score (nSPS) is 12.4. The quantitative estimate of drug-likeness (QED) is 0.530. The molecule has 3 aromatic carbocycles. The summed E-state index contributed by atoms with van der Waals surface area (Å²) in [4.78, 5) is 12.9. The first kappa shape index (κ1) is 23.4. The van der Waals surface area contributed by atoms with Crippen molar-refractivity contribution in [1.82, 2.24) is 9.62 Å². The molecule has 0 saturated carbocycles. The van der Waals surface area contributed by atoms with Gasteiger partial charge in [-0.25, -0.2) is 12.8 Å². The minimum atomic E-state index is -3.96. The molecule has 3 rings (SSSR count). The maximum absolute atomic E-state index is 13.3. The summed E-state index contributed by atoms with van der Waals surface area (Å²) < 4.78 is 46.2. The molecule has 0 aliphatic heterocycles. The Morgan fingerprint density at radius 1 is 1.00 bits per heavy atom. The van der Waals surface area contributed by atoms with E-state index < -0.39 is 34.3 Å². The van der Waals surface area contributed by atoms with Crippen molar-refractivity contribution in [3.05, 3.63) is 95.8 Å². The molecule has 1 amide bonds. The number of carbonyl (C=O) groups is 1. The predicted molar refractivity (Wildman–Crippen MR) is 120 cm³/mol. The highest BCUT2D eigenvalue weighted by Crippen LogP contribution is 2.24. The fourth-order valence-electron chi connectivity index (χ4n) is 3.31. The molecule has 0 spiro atoms. The van der Waals surface area contributed by atoms with Crippen molar-refractivity contribution in [3.8, 4) is 5.75 Å². The Labute approximate surface area is 187 Å². The predicted octanol–water partition coefficient (Wildman–Crippen LogP) is 3.90. The molecule has 0 unspecified atom stereocenters. The highest BCUT2D eigenvalue weighted by molar-refractivity contribution is 7.89. The van der Waals surface area contributed by atoms with Gasteiger partial charge in [0.05, 0.1) is 24.6 Å². The van der Waals surface area contributed by atoms with Gasteiger partial charge in [0.2, 0.25) is 15.9 Å². The van der Waals surface area contributed by atoms with E-state index in [0.29, 0.717) is 11.3 Å². The van der Waals surface area contributed by atoms with Crippen LogP contribution in [0.5, 0.6) is 5.75 Å². The van der Waals surface area contributed by atoms with Gasteiger partial charge in [0.25, 0.3) is 0 Å². The fourth-order valence-corrected chi connectivity index (χ4v) is 4.72. The summed E-state index contributed by atoms with van der Waals surface area (Å²) in [7, 11) is -2.42. The van der Waals surface area contributed by atoms with E-state index in [-0.39, 0.29) is 11.4 Å². The molecule has 3 aromatic rings. The third-order valence-electron chi connectivity index (χ3n) is 4.96. The number of amides is 1. The average Bonchev–Trinajstić information content (AvgIpc) is 2.80. The number of methoxy groups -OCH3 is 1. The van der Waals surface area contributed by atoms with E-state index >= 15 is 0 Å². The van der Waals surface area contributed by atoms with Crippen molar-refractivity contribution in [2.75, 3.05) is 13.7 Å². The number of hydrogen-bond acceptors (Lipinski definition) is 4. The van der Waals surface area contributed by atoms with Crippen molar-refractivity contribution >= 4 is 15.9 Å². The van der Waals surface area contributed by atoms with Crippen molar-refractivity contribution < 1.29 is 22.3 Å². The second-order valence-electron chi connectivity index (χ2n) is 7.24. The fraction of sp³-hybridized carbons (Fsp3) is 0.208. The summed E-state index contributed by atoms with van der Waals surface area (Å²) in [6.07, 6.45) is 0. The van der Waals surface area contributed by atoms with E-state index in [0.717, 1.165) is 9.87 Å². The summed E-state index contributed by atoms with van der Waals surface area (Å²) in [5.41, 5.74) is 1.34. The van der Waals surface area contributed by atoms with Crippen LogP contribution in [0.2, 0.25) is 0 Å². The summed E-state index contributed by atoms with van der Waals surface area (Å²) in [6, 6.07) is 20.3. The molecule has 1 atom stereocenters. The third-order valence-corrected chi connectivity index (χ3v) is 6.76. The largest absolute Gasteiger partial charge is 0.496 e. The molecule has 0 aromatic heterocycles. The van der Waals surface area contributed by atoms with Gasteiger partial charge in [0, 0.05) is 12.1 Å². The highest BCUT2D eigenvalue weighted by atomic mass is 32.2. The Balaban J connectivity index is 1.83. The third kappa shape index (κ3) is 5.72. The van der Waals surface area contributed by atoms with Crippen LogP contribution in [-0.2, 0) is 21.4 Å². The molecule has 0 aliphatic rings. The Kier molecular flexibility index (Phi) is 7.61. The monoisotopic (exact) mass is 456 g/mol. The lowest BCUT2D eigenvalue weighted by Gasteiger charge is -2.24. The summed E-state index contributed by atoms with van der Waals surface area (Å²) >= 11 is 0. The number of hydrogen-bond donors (Lipinski definition) is 1. The molecular weight excluding hydrogens is 431 g/mol. The molecule has 0 bridgehead atoms. The van der Waals surface area contributed by atoms with Crippen LogP contribution in [0, 0.1) is 5.82 Å². The van der Waals surface area contributed by atoms with Gasteiger partial charge in [0.15, 0.2) is 0 Å². The van der Waals surface area contributed by atoms with Crippen LogP contribution >= 0.6 is 0 Å². The Morgan fingerprint density at radius 3 is 2.28 bits per heavy atom. The van der Waals surface area contributed by atoms with Crippen LogP contribution in [0.3, 0.4) is 0 Å². The number of carbonyl (C=O) groups excluding carboxylic acids is 1. The van der Waals surface area contributed by atoms with Gasteiger partial charge in [0.1, 0.15) is 11.6 Å². The first-order valence-corrected chi connectivity index (χ1v) is 11.5. The topological polar surface area (TPSA) is 75.7 Å². The number of halogens is 1. The molecule has 0 radical (unpaired) electrons. The van der Waals surface area contributed by atoms with Crippen LogP contribution in [0.1, 0.15) is 24.1 Å². The maximum atomic E-state index is 13.3. The lowest BCUT2D eigenvalue weighted by atomic mass is 10.1. The van der Waals surface area contributed by atoms with Crippen LogP contribution < -0.4 is 10.1 Å². The molecule has 6 nitrogen and oxygen atoms in total. The van der Waals surface area contributed by atoms with Crippen LogP contribution in [0.4, 0.5) is 4.39 Å². The first-order chi connectivity index (χ1) is 15.3. The number of rotatable bonds is 9. The van der Waals surface area contributed by atoms with Crippen LogP contribution in [0.15, 0.2) is 83.8 Å². The zero-order chi connectivity index (χ0) is 23.1. The Hall–Kier alpha value is -3.23. The molecule has 0 fully saturated rings. The van der Waals surface area contributed by atoms with E-state index in [1.807, 2.05) is 18.2 Å². The van der Waals surface area contributed by atoms with Gasteiger partial charge in [-0.3, -0.25) is 4.79 Å². The Bertz CT molecular complexity index is 1150. The number of benzene rings is 3. The molecule has 32 heavy (non-hydrogen) atoms. The number of ether oxygens (including phenoxy) is 1. The minimum Gasteiger partial charge on any atom is -0.496 e. The number of sulfonamides is 1. The van der Waals surface area contributed by atoms with Gasteiger partial charge in [-0.2, -0.15) is 4.31 Å². The van der Waals surface area contributed by atoms with Gasteiger partial charge < -0.3 is 10.1 Å². The molecule has 8 heteroatoms. The molecule has 1 N–H and O–H groups in total. The molecule has 0 saturated heterocycles. The van der Waals surface area contributed by atoms with E-state index in [1.165, 1.54) is 36.4 Å². The summed E-state index contributed by atoms with van der Waals surface area (Å²) in [5, 5.41) is 2.83. The van der Waals surface area contributed by atoms with Crippen LogP contribution in [0.25, 0.3) is 0 Å². The van der Waals surface area contributed by atoms with Crippen LogP contribution in [-0.4, -0.2) is 32.3 Å². The van der Waals surface area contributed by atoms with E-state index in [1.54, 1.807) is 38.3 Å². The van der Waals surface area contributed by atoms with Gasteiger partial charge in [-0.05, 0) is 42.8 Å². The lowest BCUT2D eigenvalue weighted by molar-refractivity contribution is -0.122. The SMILES string of the molecule is COc1ccccc1[C@H](C)NC(=O)CN(Cc1ccc(F)cc1)S(=O)(=O)c1ccccc1. The standard InChI is InChI=1S/C24H25FN2O4S/c1-18(22-10-6-7-11-23(22)31-2)26-24(28)17-27(16-19-12-14-20(25)15-13-19)32(29,30)21-8-4-3-5-9-21/h3-15,18H,16-17H2,1-2H3,(H,26,28)/t18-/m0/s1. The molecular formula is C24H25FN2O4S. The lowest BCUT2D eigenvalue weighted by Crippen LogP contribution is -2.41. The second-order valence-corrected chi connectivity index (χ2v) is 9.18. The smallest absolute Gasteiger partial charge is 0.243 e. The van der Waals surface area contributed by atoms with Crippen molar-refractivity contribution in [3.63, 3.8) is 0 Å². The first-order valence-electron chi connectivity index (χ1n) is 10.0. The van der Waals surface area contributed by atoms with Crippen molar-refractivity contribution in [2.45, 2.75) is 24.4 Å². The molecule has 0 aliphatic carbocycles. The number of nitrogens with one attached hydrogen (secondary N) is 1. The summed E-state index contributed by atoms with van der Waals surface area (Å²) in [5.74, 6) is -0.264. The van der Waals surface area contributed by atoms with Gasteiger partial charge in [-0.1, -0.05) is 48.5 Å². The average molecular weight is 457 g/mol. The van der Waals surface area contributed by atoms with E-state index in [2.05, 4.69) is 5.32 Å². The maximum Gasteiger partial charge on any atom is 0.243 e. The summed E-state index contributed by atoms with van der Waals surface area (Å²) in [6.45, 7) is 1.33. The Morgan fingerprint density at radius 2 is 1.62 bits per heavy atom. The minimum absolute atomic E-state index is 0.0754. The number of para-hydroxylation sites is 1. The molecule has 0 heterocycles. The van der Waals surface area contributed by atoms with Crippen molar-refractivity contribution in [2.24, 2.45) is 0 Å². The van der Waals surface area contributed by atoms with E-state index in [9.17, 15) is 17.6 Å². The zero-order valence-corrected chi connectivity index (χ0v) is 18.7. The van der Waals surface area contributed by atoms with E-state index in [4.69, 9.17) is 4.74 Å². The second kappa shape index (κ2) is 10.4.